The smallest absolute Gasteiger partial charge is 0.312 e. The van der Waals surface area contributed by atoms with Crippen molar-refractivity contribution in [2.75, 3.05) is 6.61 Å². The molecule has 0 aromatic carbocycles. The van der Waals surface area contributed by atoms with Crippen molar-refractivity contribution in [2.24, 2.45) is 59.2 Å². The van der Waals surface area contributed by atoms with E-state index in [9.17, 15) is 9.59 Å². The van der Waals surface area contributed by atoms with Gasteiger partial charge in [-0.3, -0.25) is 9.59 Å². The van der Waals surface area contributed by atoms with Crippen LogP contribution in [0.1, 0.15) is 52.9 Å². The molecule has 4 aliphatic carbocycles. The first-order valence-electron chi connectivity index (χ1n) is 10.8. The van der Waals surface area contributed by atoms with E-state index in [4.69, 9.17) is 9.47 Å². The van der Waals surface area contributed by atoms with E-state index in [1.54, 1.807) is 0 Å². The molecule has 1 saturated heterocycles. The standard InChI is InChI=1S/C22H32O4/c1-10-11(2)16-9-15(10)19-13-7-17(20(16)19)18(8-13)21(26-12(3)23)14-5-4-6-25-22(14)24/h10-11,13-21H,4-9H2,1-3H3. The van der Waals surface area contributed by atoms with Crippen molar-refractivity contribution in [3.63, 3.8) is 0 Å². The number of carbonyl (C=O) groups excluding carboxylic acids is 2. The molecule has 5 aliphatic rings. The van der Waals surface area contributed by atoms with Gasteiger partial charge in [-0.2, -0.15) is 0 Å². The topological polar surface area (TPSA) is 52.6 Å². The van der Waals surface area contributed by atoms with E-state index in [2.05, 4.69) is 13.8 Å². The largest absolute Gasteiger partial charge is 0.465 e. The molecule has 0 radical (unpaired) electrons. The highest BCUT2D eigenvalue weighted by atomic mass is 16.6. The van der Waals surface area contributed by atoms with E-state index in [-0.39, 0.29) is 24.0 Å². The molecule has 144 valence electrons. The third-order valence-corrected chi connectivity index (χ3v) is 9.22. The molecule has 26 heavy (non-hydrogen) atoms. The lowest BCUT2D eigenvalue weighted by atomic mass is 9.60. The molecule has 0 N–H and O–H groups in total. The summed E-state index contributed by atoms with van der Waals surface area (Å²) in [6, 6.07) is 0. The third kappa shape index (κ3) is 2.26. The summed E-state index contributed by atoms with van der Waals surface area (Å²) in [7, 11) is 0. The first-order chi connectivity index (χ1) is 12.5. The SMILES string of the molecule is CC(=O)OC(C1CCCOC1=O)C1CC2CC1C1C3CC(C(C)C3C)C21. The Hall–Kier alpha value is -1.06. The van der Waals surface area contributed by atoms with Crippen LogP contribution in [0.5, 0.6) is 0 Å². The molecule has 0 amide bonds. The van der Waals surface area contributed by atoms with Crippen LogP contribution in [0.2, 0.25) is 0 Å². The van der Waals surface area contributed by atoms with Gasteiger partial charge in [-0.1, -0.05) is 13.8 Å². The van der Waals surface area contributed by atoms with E-state index in [0.29, 0.717) is 18.4 Å². The summed E-state index contributed by atoms with van der Waals surface area (Å²) >= 11 is 0. The second kappa shape index (κ2) is 5.97. The predicted octanol–water partition coefficient (Wildman–Crippen LogP) is 3.68. The molecule has 4 bridgehead atoms. The van der Waals surface area contributed by atoms with Crippen molar-refractivity contribution in [3.8, 4) is 0 Å². The number of cyclic esters (lactones) is 1. The Labute approximate surface area is 156 Å². The predicted molar refractivity (Wildman–Crippen MR) is 95.8 cm³/mol. The number of esters is 2. The molecule has 4 saturated carbocycles. The van der Waals surface area contributed by atoms with E-state index in [1.165, 1.54) is 19.8 Å². The van der Waals surface area contributed by atoms with Gasteiger partial charge in [0, 0.05) is 12.8 Å². The molecule has 0 aromatic heterocycles. The fraction of sp³-hybridized carbons (Fsp3) is 0.909. The lowest BCUT2D eigenvalue weighted by molar-refractivity contribution is -0.172. The highest BCUT2D eigenvalue weighted by molar-refractivity contribution is 5.75. The van der Waals surface area contributed by atoms with E-state index < -0.39 is 0 Å². The molecular formula is C22H32O4. The fourth-order valence-corrected chi connectivity index (χ4v) is 8.31. The minimum atomic E-state index is -0.261. The zero-order valence-corrected chi connectivity index (χ0v) is 16.2. The third-order valence-electron chi connectivity index (χ3n) is 9.22. The number of hydrogen-bond acceptors (Lipinski definition) is 4. The maximum Gasteiger partial charge on any atom is 0.312 e. The Bertz CT molecular complexity index is 615. The summed E-state index contributed by atoms with van der Waals surface area (Å²) < 4.78 is 11.2. The van der Waals surface area contributed by atoms with Gasteiger partial charge in [0.2, 0.25) is 0 Å². The normalized spacial score (nSPS) is 52.7. The van der Waals surface area contributed by atoms with Crippen LogP contribution in [-0.4, -0.2) is 24.6 Å². The fourth-order valence-electron chi connectivity index (χ4n) is 8.31. The zero-order valence-electron chi connectivity index (χ0n) is 16.2. The highest BCUT2D eigenvalue weighted by Crippen LogP contribution is 2.72. The van der Waals surface area contributed by atoms with E-state index in [1.807, 2.05) is 0 Å². The maximum absolute atomic E-state index is 12.4. The van der Waals surface area contributed by atoms with Gasteiger partial charge in [0.15, 0.2) is 0 Å². The van der Waals surface area contributed by atoms with Gasteiger partial charge in [0.25, 0.3) is 0 Å². The van der Waals surface area contributed by atoms with Crippen LogP contribution in [0.15, 0.2) is 0 Å². The van der Waals surface area contributed by atoms with Crippen LogP contribution in [0.25, 0.3) is 0 Å². The molecular weight excluding hydrogens is 328 g/mol. The van der Waals surface area contributed by atoms with Crippen LogP contribution in [0, 0.1) is 59.2 Å². The number of hydrogen-bond donors (Lipinski definition) is 0. The lowest BCUT2D eigenvalue weighted by Crippen LogP contribution is -2.47. The van der Waals surface area contributed by atoms with Crippen LogP contribution in [0.4, 0.5) is 0 Å². The van der Waals surface area contributed by atoms with Crippen LogP contribution in [0.3, 0.4) is 0 Å². The number of fused-ring (bicyclic) bond motifs is 9. The van der Waals surface area contributed by atoms with Crippen molar-refractivity contribution in [2.45, 2.75) is 59.0 Å². The summed E-state index contributed by atoms with van der Waals surface area (Å²) in [5.74, 6) is 6.36. The van der Waals surface area contributed by atoms with E-state index >= 15 is 0 Å². The summed E-state index contributed by atoms with van der Waals surface area (Å²) in [5.41, 5.74) is 0. The first-order valence-corrected chi connectivity index (χ1v) is 10.8. The average molecular weight is 360 g/mol. The quantitative estimate of drug-likeness (QED) is 0.569. The molecule has 0 aromatic rings. The molecule has 5 fully saturated rings. The van der Waals surface area contributed by atoms with Gasteiger partial charge >= 0.3 is 11.9 Å². The maximum atomic E-state index is 12.4. The summed E-state index contributed by atoms with van der Waals surface area (Å²) in [5, 5.41) is 0. The van der Waals surface area contributed by atoms with Gasteiger partial charge in [-0.15, -0.1) is 0 Å². The zero-order chi connectivity index (χ0) is 18.2. The second-order valence-electron chi connectivity index (χ2n) is 9.99. The Morgan fingerprint density at radius 3 is 2.50 bits per heavy atom. The summed E-state index contributed by atoms with van der Waals surface area (Å²) in [6.45, 7) is 6.92. The Morgan fingerprint density at radius 1 is 1.08 bits per heavy atom. The monoisotopic (exact) mass is 360 g/mol. The second-order valence-corrected chi connectivity index (χ2v) is 9.99. The number of rotatable bonds is 3. The van der Waals surface area contributed by atoms with Gasteiger partial charge in [-0.25, -0.2) is 0 Å². The van der Waals surface area contributed by atoms with Crippen LogP contribution < -0.4 is 0 Å². The van der Waals surface area contributed by atoms with Gasteiger partial charge < -0.3 is 9.47 Å². The Morgan fingerprint density at radius 2 is 1.81 bits per heavy atom. The molecule has 1 aliphatic heterocycles. The van der Waals surface area contributed by atoms with Crippen molar-refractivity contribution < 1.29 is 19.1 Å². The Balaban J connectivity index is 1.41. The van der Waals surface area contributed by atoms with Gasteiger partial charge in [-0.05, 0) is 79.4 Å². The van der Waals surface area contributed by atoms with Gasteiger partial charge in [0.1, 0.15) is 6.10 Å². The minimum absolute atomic E-state index is 0.142. The Kier molecular flexibility index (Phi) is 3.92. The highest BCUT2D eigenvalue weighted by Gasteiger charge is 2.67. The van der Waals surface area contributed by atoms with Crippen LogP contribution in [-0.2, 0) is 19.1 Å². The molecule has 11 unspecified atom stereocenters. The molecule has 0 spiro atoms. The average Bonchev–Trinajstić information content (AvgIpc) is 3.33. The van der Waals surface area contributed by atoms with Crippen LogP contribution >= 0.6 is 0 Å². The molecule has 11 atom stereocenters. The summed E-state index contributed by atoms with van der Waals surface area (Å²) in [6.07, 6.45) is 5.30. The van der Waals surface area contributed by atoms with Crippen molar-refractivity contribution in [3.05, 3.63) is 0 Å². The molecule has 4 heteroatoms. The first kappa shape index (κ1) is 17.1. The number of carbonyl (C=O) groups is 2. The molecule has 5 rings (SSSR count). The summed E-state index contributed by atoms with van der Waals surface area (Å²) in [4.78, 5) is 24.3. The van der Waals surface area contributed by atoms with Crippen molar-refractivity contribution in [1.82, 2.24) is 0 Å². The molecule has 1 heterocycles. The van der Waals surface area contributed by atoms with E-state index in [0.717, 1.165) is 60.7 Å². The lowest BCUT2D eigenvalue weighted by Gasteiger charge is -2.46. The van der Waals surface area contributed by atoms with Crippen molar-refractivity contribution >= 4 is 11.9 Å². The number of ether oxygens (including phenoxy) is 2. The van der Waals surface area contributed by atoms with Crippen molar-refractivity contribution in [1.29, 1.82) is 0 Å². The van der Waals surface area contributed by atoms with Gasteiger partial charge in [0.05, 0.1) is 12.5 Å². The molecule has 4 nitrogen and oxygen atoms in total. The minimum Gasteiger partial charge on any atom is -0.465 e.